The molecular weight excluding hydrogens is 510 g/mol. The highest BCUT2D eigenvalue weighted by Crippen LogP contribution is 2.43. The molecule has 0 atom stereocenters. The van der Waals surface area contributed by atoms with Crippen molar-refractivity contribution in [1.82, 2.24) is 20.3 Å². The van der Waals surface area contributed by atoms with Gasteiger partial charge in [0, 0.05) is 41.8 Å². The van der Waals surface area contributed by atoms with Crippen LogP contribution in [0.5, 0.6) is 0 Å². The second-order valence-corrected chi connectivity index (χ2v) is 13.1. The van der Waals surface area contributed by atoms with Gasteiger partial charge in [-0.3, -0.25) is 0 Å². The van der Waals surface area contributed by atoms with Crippen molar-refractivity contribution < 1.29 is 17.9 Å². The predicted octanol–water partition coefficient (Wildman–Crippen LogP) is 5.44. The van der Waals surface area contributed by atoms with Crippen molar-refractivity contribution in [3.8, 4) is 10.4 Å². The summed E-state index contributed by atoms with van der Waals surface area (Å²) in [6.45, 7) is 3.67. The first-order valence-corrected chi connectivity index (χ1v) is 15.0. The van der Waals surface area contributed by atoms with Gasteiger partial charge in [-0.15, -0.1) is 11.3 Å². The maximum absolute atomic E-state index is 13.4. The third-order valence-electron chi connectivity index (χ3n) is 6.60. The molecule has 1 amide bonds. The molecule has 196 valence electrons. The molecule has 0 spiro atoms. The maximum Gasteiger partial charge on any atom is 0.407 e. The Morgan fingerprint density at radius 1 is 1.05 bits per heavy atom. The summed E-state index contributed by atoms with van der Waals surface area (Å²) in [6.07, 6.45) is 9.46. The number of thiazole rings is 1. The first-order chi connectivity index (χ1) is 17.8. The van der Waals surface area contributed by atoms with E-state index in [4.69, 9.17) is 9.72 Å². The summed E-state index contributed by atoms with van der Waals surface area (Å²) in [5, 5.41) is 6.74. The van der Waals surface area contributed by atoms with Gasteiger partial charge in [-0.1, -0.05) is 6.07 Å². The van der Waals surface area contributed by atoms with Crippen LogP contribution in [0, 0.1) is 0 Å². The number of alkyl carbamates (subject to hydrolysis) is 1. The van der Waals surface area contributed by atoms with E-state index < -0.39 is 9.84 Å². The third kappa shape index (κ3) is 6.10. The molecule has 2 N–H and O–H groups in total. The highest BCUT2D eigenvalue weighted by atomic mass is 32.2. The van der Waals surface area contributed by atoms with E-state index in [-0.39, 0.29) is 29.4 Å². The summed E-state index contributed by atoms with van der Waals surface area (Å²) in [5.74, 6) is 0.699. The molecule has 0 saturated heterocycles. The maximum atomic E-state index is 13.4. The van der Waals surface area contributed by atoms with Gasteiger partial charge in [0.1, 0.15) is 0 Å². The number of hydrogen-bond donors (Lipinski definition) is 2. The van der Waals surface area contributed by atoms with Gasteiger partial charge >= 0.3 is 6.09 Å². The van der Waals surface area contributed by atoms with Gasteiger partial charge in [0.25, 0.3) is 0 Å². The van der Waals surface area contributed by atoms with Gasteiger partial charge < -0.3 is 15.4 Å². The summed E-state index contributed by atoms with van der Waals surface area (Å²) in [7, 11) is -3.46. The topological polar surface area (TPSA) is 123 Å². The van der Waals surface area contributed by atoms with E-state index in [9.17, 15) is 13.2 Å². The second kappa shape index (κ2) is 10.7. The average molecular weight is 542 g/mol. The van der Waals surface area contributed by atoms with E-state index in [1.54, 1.807) is 42.1 Å². The first-order valence-electron chi connectivity index (χ1n) is 12.6. The largest absolute Gasteiger partial charge is 0.447 e. The number of ether oxygens (including phenoxy) is 1. The van der Waals surface area contributed by atoms with E-state index >= 15 is 0 Å². The van der Waals surface area contributed by atoms with Crippen molar-refractivity contribution in [1.29, 1.82) is 0 Å². The number of anilines is 2. The fourth-order valence-corrected chi connectivity index (χ4v) is 7.67. The molecule has 0 unspecified atom stereocenters. The van der Waals surface area contributed by atoms with Crippen molar-refractivity contribution in [2.75, 3.05) is 5.32 Å². The number of carbonyl (C=O) groups is 1. The minimum absolute atomic E-state index is 0.103. The smallest absolute Gasteiger partial charge is 0.407 e. The van der Waals surface area contributed by atoms with Crippen LogP contribution in [0.15, 0.2) is 47.8 Å². The molecule has 2 aromatic heterocycles. The predicted molar refractivity (Wildman–Crippen MR) is 143 cm³/mol. The minimum Gasteiger partial charge on any atom is -0.447 e. The van der Waals surface area contributed by atoms with E-state index in [0.717, 1.165) is 35.6 Å². The van der Waals surface area contributed by atoms with Crippen LogP contribution < -0.4 is 10.6 Å². The monoisotopic (exact) mass is 541 g/mol. The number of amides is 1. The molecule has 0 aliphatic heterocycles. The number of benzene rings is 1. The Morgan fingerprint density at radius 3 is 2.46 bits per heavy atom. The Labute approximate surface area is 221 Å². The van der Waals surface area contributed by atoms with Crippen molar-refractivity contribution >= 4 is 38.9 Å². The molecule has 1 aromatic carbocycles. The summed E-state index contributed by atoms with van der Waals surface area (Å²) in [4.78, 5) is 26.1. The molecule has 2 aliphatic carbocycles. The van der Waals surface area contributed by atoms with Crippen molar-refractivity contribution in [2.24, 2.45) is 0 Å². The Bertz CT molecular complexity index is 1350. The Balaban J connectivity index is 1.33. The number of nitrogens with one attached hydrogen (secondary N) is 2. The second-order valence-electron chi connectivity index (χ2n) is 9.86. The van der Waals surface area contributed by atoms with Gasteiger partial charge in [0.2, 0.25) is 5.95 Å². The van der Waals surface area contributed by atoms with Gasteiger partial charge in [-0.05, 0) is 70.6 Å². The summed E-state index contributed by atoms with van der Waals surface area (Å²) >= 11 is 1.56. The van der Waals surface area contributed by atoms with Crippen LogP contribution in [-0.4, -0.2) is 46.9 Å². The van der Waals surface area contributed by atoms with Crippen LogP contribution in [0.1, 0.15) is 63.3 Å². The molecule has 2 heterocycles. The number of hydrogen-bond acceptors (Lipinski definition) is 9. The summed E-state index contributed by atoms with van der Waals surface area (Å²) in [5.41, 5.74) is 1.31. The average Bonchev–Trinajstić information content (AvgIpc) is 3.63. The van der Waals surface area contributed by atoms with Crippen molar-refractivity contribution in [3.63, 3.8) is 0 Å². The quantitative estimate of drug-likeness (QED) is 0.386. The fraction of sp³-hybridized carbons (Fsp3) is 0.462. The molecule has 2 aliphatic rings. The molecule has 5 rings (SSSR count). The van der Waals surface area contributed by atoms with Crippen LogP contribution in [0.25, 0.3) is 10.4 Å². The molecule has 3 aromatic rings. The minimum atomic E-state index is -3.46. The molecule has 0 radical (unpaired) electrons. The van der Waals surface area contributed by atoms with Gasteiger partial charge in [0.15, 0.2) is 9.84 Å². The molecule has 2 saturated carbocycles. The summed E-state index contributed by atoms with van der Waals surface area (Å²) < 4.78 is 31.9. The SMILES string of the molecule is CC(C)OC(=O)N[C@H]1CC[C@H](c2ncc(-c3ccc(Nc4ncccn4)cc3S(=O)(=O)C3CC3)s2)CC1. The molecule has 2 fully saturated rings. The summed E-state index contributed by atoms with van der Waals surface area (Å²) in [6, 6.07) is 7.21. The zero-order valence-electron chi connectivity index (χ0n) is 20.9. The normalized spacial score (nSPS) is 20.0. The molecule has 0 bridgehead atoms. The molecule has 37 heavy (non-hydrogen) atoms. The first kappa shape index (κ1) is 25.6. The van der Waals surface area contributed by atoms with Crippen LogP contribution >= 0.6 is 11.3 Å². The number of sulfone groups is 1. The van der Waals surface area contributed by atoms with E-state index in [2.05, 4.69) is 20.6 Å². The van der Waals surface area contributed by atoms with Gasteiger partial charge in [-0.2, -0.15) is 0 Å². The third-order valence-corrected chi connectivity index (χ3v) is 10.1. The Morgan fingerprint density at radius 2 is 1.78 bits per heavy atom. The molecule has 11 heteroatoms. The Hall–Kier alpha value is -3.05. The van der Waals surface area contributed by atoms with Crippen LogP contribution in [0.2, 0.25) is 0 Å². The highest BCUT2D eigenvalue weighted by Gasteiger charge is 2.39. The Kier molecular flexibility index (Phi) is 7.43. The number of carbonyl (C=O) groups excluding carboxylic acids is 1. The van der Waals surface area contributed by atoms with Crippen LogP contribution in [0.3, 0.4) is 0 Å². The zero-order chi connectivity index (χ0) is 26.0. The zero-order valence-corrected chi connectivity index (χ0v) is 22.5. The lowest BCUT2D eigenvalue weighted by atomic mass is 9.86. The van der Waals surface area contributed by atoms with E-state index in [0.29, 0.717) is 34.9 Å². The number of aromatic nitrogens is 3. The number of rotatable bonds is 8. The highest BCUT2D eigenvalue weighted by molar-refractivity contribution is 7.92. The standard InChI is InChI=1S/C26H31N5O4S2/c1-16(2)35-26(32)31-18-6-4-17(5-7-18)24-29-15-22(36-24)21-11-8-19(30-25-27-12-3-13-28-25)14-23(21)37(33,34)20-9-10-20/h3,8,11-18,20H,4-7,9-10H2,1-2H3,(H,31,32)(H,27,28,30)/t17-,18-. The molecule has 9 nitrogen and oxygen atoms in total. The van der Waals surface area contributed by atoms with E-state index in [1.807, 2.05) is 26.0 Å². The lowest BCUT2D eigenvalue weighted by molar-refractivity contribution is 0.109. The number of nitrogens with zero attached hydrogens (tertiary/aromatic N) is 3. The van der Waals surface area contributed by atoms with Gasteiger partial charge in [0.05, 0.1) is 26.1 Å². The molecular formula is C26H31N5O4S2. The van der Waals surface area contributed by atoms with E-state index in [1.165, 1.54) is 0 Å². The van der Waals surface area contributed by atoms with Crippen molar-refractivity contribution in [2.45, 2.75) is 80.6 Å². The lowest BCUT2D eigenvalue weighted by Gasteiger charge is -2.28. The van der Waals surface area contributed by atoms with Crippen LogP contribution in [-0.2, 0) is 14.6 Å². The fourth-order valence-electron chi connectivity index (χ4n) is 4.59. The van der Waals surface area contributed by atoms with Crippen molar-refractivity contribution in [3.05, 3.63) is 47.9 Å². The van der Waals surface area contributed by atoms with Gasteiger partial charge in [-0.25, -0.2) is 28.2 Å². The lowest BCUT2D eigenvalue weighted by Crippen LogP contribution is -2.38. The van der Waals surface area contributed by atoms with Crippen LogP contribution in [0.4, 0.5) is 16.4 Å².